The highest BCUT2D eigenvalue weighted by atomic mass is 35.5. The highest BCUT2D eigenvalue weighted by molar-refractivity contribution is 6.32. The molecule has 2 heterocycles. The average Bonchev–Trinajstić information content (AvgIpc) is 3.64. The van der Waals surface area contributed by atoms with Gasteiger partial charge >= 0.3 is 6.09 Å². The molecule has 4 rings (SSSR count). The van der Waals surface area contributed by atoms with Gasteiger partial charge in [-0.1, -0.05) is 37.3 Å². The summed E-state index contributed by atoms with van der Waals surface area (Å²) in [7, 11) is 1.99. The number of nitrogens with one attached hydrogen (secondary N) is 3. The van der Waals surface area contributed by atoms with Crippen molar-refractivity contribution in [2.45, 2.75) is 95.6 Å². The number of carboxylic acid groups (broad SMARTS) is 1. The first-order valence-corrected chi connectivity index (χ1v) is 14.4. The van der Waals surface area contributed by atoms with Crippen molar-refractivity contribution in [3.05, 3.63) is 23.1 Å². The number of amides is 1. The van der Waals surface area contributed by atoms with E-state index in [9.17, 15) is 4.79 Å². The zero-order valence-electron chi connectivity index (χ0n) is 22.0. The van der Waals surface area contributed by atoms with Crippen molar-refractivity contribution in [3.8, 4) is 11.3 Å². The minimum atomic E-state index is -0.929. The third kappa shape index (κ3) is 8.85. The van der Waals surface area contributed by atoms with Crippen molar-refractivity contribution in [2.75, 3.05) is 18.4 Å². The Morgan fingerprint density at radius 3 is 2.38 bits per heavy atom. The summed E-state index contributed by atoms with van der Waals surface area (Å²) in [4.78, 5) is 19.7. The lowest BCUT2D eigenvalue weighted by Crippen LogP contribution is -2.37. The van der Waals surface area contributed by atoms with Gasteiger partial charge in [-0.05, 0) is 70.3 Å². The number of carbonyl (C=O) groups is 1. The molecule has 9 nitrogen and oxygen atoms in total. The van der Waals surface area contributed by atoms with Crippen LogP contribution < -0.4 is 16.0 Å². The third-order valence-electron chi connectivity index (χ3n) is 7.61. The molecule has 2 aromatic heterocycles. The number of aromatic nitrogens is 4. The molecule has 204 valence electrons. The molecule has 37 heavy (non-hydrogen) atoms. The van der Waals surface area contributed by atoms with Crippen molar-refractivity contribution < 1.29 is 9.90 Å². The molecule has 0 saturated heterocycles. The number of hydrogen-bond donors (Lipinski definition) is 4. The summed E-state index contributed by atoms with van der Waals surface area (Å²) in [5, 5.41) is 23.3. The summed E-state index contributed by atoms with van der Waals surface area (Å²) in [5.41, 5.74) is 3.00. The number of aryl methyl sites for hydroxylation is 1. The SMILES string of the molecule is Cn1ncc(-c2nc(NC3CCC(NCCCCCCCCNC(=O)O)CC3)ncc2Cl)c1CC1CC1. The number of halogens is 1. The first-order chi connectivity index (χ1) is 18.0. The fourth-order valence-corrected chi connectivity index (χ4v) is 5.40. The number of rotatable bonds is 15. The average molecular weight is 532 g/mol. The van der Waals surface area contributed by atoms with Gasteiger partial charge in [0.05, 0.1) is 23.1 Å². The molecule has 10 heteroatoms. The van der Waals surface area contributed by atoms with Crippen molar-refractivity contribution in [1.29, 1.82) is 0 Å². The maximum Gasteiger partial charge on any atom is 0.404 e. The Labute approximate surface area is 225 Å². The first kappa shape index (κ1) is 27.6. The lowest BCUT2D eigenvalue weighted by Gasteiger charge is -2.30. The quantitative estimate of drug-likeness (QED) is 0.227. The fraction of sp³-hybridized carbons (Fsp3) is 0.704. The maximum absolute atomic E-state index is 10.4. The second-order valence-corrected chi connectivity index (χ2v) is 11.1. The molecule has 1 amide bonds. The molecule has 2 aliphatic rings. The third-order valence-corrected chi connectivity index (χ3v) is 7.89. The summed E-state index contributed by atoms with van der Waals surface area (Å²) in [6, 6.07) is 0.963. The van der Waals surface area contributed by atoms with E-state index in [-0.39, 0.29) is 0 Å². The van der Waals surface area contributed by atoms with Crippen LogP contribution in [0.25, 0.3) is 11.3 Å². The first-order valence-electron chi connectivity index (χ1n) is 14.0. The molecule has 0 bridgehead atoms. The molecule has 0 radical (unpaired) electrons. The molecule has 0 aromatic carbocycles. The van der Waals surface area contributed by atoms with E-state index in [1.807, 2.05) is 17.9 Å². The van der Waals surface area contributed by atoms with Gasteiger partial charge in [-0.3, -0.25) is 4.68 Å². The molecular formula is C27H42ClN7O2. The van der Waals surface area contributed by atoms with Gasteiger partial charge in [-0.25, -0.2) is 14.8 Å². The Kier molecular flexibility index (Phi) is 10.4. The summed E-state index contributed by atoms with van der Waals surface area (Å²) in [6.07, 6.45) is 17.6. The van der Waals surface area contributed by atoms with E-state index >= 15 is 0 Å². The minimum absolute atomic E-state index is 0.377. The van der Waals surface area contributed by atoms with Crippen LogP contribution in [-0.4, -0.2) is 56.1 Å². The van der Waals surface area contributed by atoms with Crippen LogP contribution in [0.4, 0.5) is 10.7 Å². The Bertz CT molecular complexity index is 1000. The predicted octanol–water partition coefficient (Wildman–Crippen LogP) is 5.40. The molecule has 0 spiro atoms. The van der Waals surface area contributed by atoms with Crippen molar-refractivity contribution in [1.82, 2.24) is 30.4 Å². The van der Waals surface area contributed by atoms with Gasteiger partial charge in [0.25, 0.3) is 0 Å². The van der Waals surface area contributed by atoms with Crippen LogP contribution in [0.5, 0.6) is 0 Å². The van der Waals surface area contributed by atoms with E-state index in [0.29, 0.717) is 29.6 Å². The number of nitrogens with zero attached hydrogens (tertiary/aromatic N) is 4. The fourth-order valence-electron chi connectivity index (χ4n) is 5.21. The molecule has 2 aliphatic carbocycles. The molecule has 0 atom stereocenters. The maximum atomic E-state index is 10.4. The molecule has 2 saturated carbocycles. The Morgan fingerprint density at radius 2 is 1.68 bits per heavy atom. The zero-order chi connectivity index (χ0) is 26.0. The van der Waals surface area contributed by atoms with E-state index in [2.05, 4.69) is 26.0 Å². The van der Waals surface area contributed by atoms with Gasteiger partial charge in [-0.15, -0.1) is 0 Å². The minimum Gasteiger partial charge on any atom is -0.465 e. The largest absolute Gasteiger partial charge is 0.465 e. The van der Waals surface area contributed by atoms with E-state index in [1.165, 1.54) is 44.2 Å². The number of hydrogen-bond acceptors (Lipinski definition) is 6. The standard InChI is InChI=1S/C27H42ClN7O2/c1-35-24(16-19-8-9-19)22(17-32-35)25-23(28)18-31-26(34-25)33-21-12-10-20(11-13-21)29-14-6-4-2-3-5-7-15-30-27(36)37/h17-21,29-30H,2-16H2,1H3,(H,36,37)(H,31,33,34). The molecule has 0 aliphatic heterocycles. The van der Waals surface area contributed by atoms with Crippen molar-refractivity contribution in [2.24, 2.45) is 13.0 Å². The monoisotopic (exact) mass is 531 g/mol. The van der Waals surface area contributed by atoms with Gasteiger partial charge in [-0.2, -0.15) is 5.10 Å². The van der Waals surface area contributed by atoms with Crippen LogP contribution in [0.1, 0.15) is 82.7 Å². The summed E-state index contributed by atoms with van der Waals surface area (Å²) < 4.78 is 1.95. The summed E-state index contributed by atoms with van der Waals surface area (Å²) in [6.45, 7) is 1.63. The Balaban J connectivity index is 1.14. The highest BCUT2D eigenvalue weighted by Gasteiger charge is 2.26. The van der Waals surface area contributed by atoms with Gasteiger partial charge in [0.15, 0.2) is 0 Å². The van der Waals surface area contributed by atoms with Crippen LogP contribution in [0, 0.1) is 5.92 Å². The van der Waals surface area contributed by atoms with Crippen LogP contribution in [-0.2, 0) is 13.5 Å². The molecule has 4 N–H and O–H groups in total. The normalized spacial score (nSPS) is 19.6. The number of anilines is 1. The van der Waals surface area contributed by atoms with Crippen molar-refractivity contribution in [3.63, 3.8) is 0 Å². The second-order valence-electron chi connectivity index (χ2n) is 10.7. The molecule has 2 fully saturated rings. The molecular weight excluding hydrogens is 490 g/mol. The van der Waals surface area contributed by atoms with Gasteiger partial charge in [0.2, 0.25) is 5.95 Å². The van der Waals surface area contributed by atoms with Crippen LogP contribution >= 0.6 is 11.6 Å². The van der Waals surface area contributed by atoms with E-state index in [4.69, 9.17) is 21.7 Å². The van der Waals surface area contributed by atoms with Gasteiger partial charge in [0, 0.05) is 36.9 Å². The molecule has 0 unspecified atom stereocenters. The summed E-state index contributed by atoms with van der Waals surface area (Å²) >= 11 is 6.52. The Morgan fingerprint density at radius 1 is 1.00 bits per heavy atom. The topological polar surface area (TPSA) is 117 Å². The summed E-state index contributed by atoms with van der Waals surface area (Å²) in [5.74, 6) is 1.41. The van der Waals surface area contributed by atoms with E-state index in [1.54, 1.807) is 6.20 Å². The second kappa shape index (κ2) is 14.0. The smallest absolute Gasteiger partial charge is 0.404 e. The van der Waals surface area contributed by atoms with E-state index < -0.39 is 6.09 Å². The van der Waals surface area contributed by atoms with Gasteiger partial charge < -0.3 is 21.1 Å². The Hall–Kier alpha value is -2.39. The zero-order valence-corrected chi connectivity index (χ0v) is 22.8. The lowest BCUT2D eigenvalue weighted by atomic mass is 9.91. The van der Waals surface area contributed by atoms with Crippen LogP contribution in [0.15, 0.2) is 12.4 Å². The van der Waals surface area contributed by atoms with Crippen LogP contribution in [0.2, 0.25) is 5.02 Å². The van der Waals surface area contributed by atoms with E-state index in [0.717, 1.165) is 68.7 Å². The van der Waals surface area contributed by atoms with Crippen molar-refractivity contribution >= 4 is 23.6 Å². The highest BCUT2D eigenvalue weighted by Crippen LogP contribution is 2.37. The van der Waals surface area contributed by atoms with Crippen LogP contribution in [0.3, 0.4) is 0 Å². The van der Waals surface area contributed by atoms with Gasteiger partial charge in [0.1, 0.15) is 0 Å². The lowest BCUT2D eigenvalue weighted by molar-refractivity contribution is 0.194. The number of unbranched alkanes of at least 4 members (excludes halogenated alkanes) is 5. The predicted molar refractivity (Wildman–Crippen MR) is 147 cm³/mol. The molecule has 2 aromatic rings.